The number of hydrogen-bond donors (Lipinski definition) is 1. The topological polar surface area (TPSA) is 75.7 Å². The summed E-state index contributed by atoms with van der Waals surface area (Å²) in [6.07, 6.45) is 0.231. The number of nitro benzene ring substituents is 1. The van der Waals surface area contributed by atoms with Crippen molar-refractivity contribution in [2.45, 2.75) is 13.3 Å². The first-order valence-corrected chi connectivity index (χ1v) is 6.49. The second kappa shape index (κ2) is 5.62. The lowest BCUT2D eigenvalue weighted by Gasteiger charge is -2.05. The molecule has 0 fully saturated rings. The zero-order chi connectivity index (χ0) is 13.8. The van der Waals surface area contributed by atoms with E-state index in [2.05, 4.69) is 5.16 Å². The van der Waals surface area contributed by atoms with Crippen LogP contribution in [0.5, 0.6) is 0 Å². The summed E-state index contributed by atoms with van der Waals surface area (Å²) >= 11 is 1.46. The summed E-state index contributed by atoms with van der Waals surface area (Å²) in [5.74, 6) is 0. The lowest BCUT2D eigenvalue weighted by molar-refractivity contribution is -0.385. The van der Waals surface area contributed by atoms with Crippen molar-refractivity contribution in [3.05, 3.63) is 61.8 Å². The highest BCUT2D eigenvalue weighted by Crippen LogP contribution is 2.23. The second-order valence-corrected chi connectivity index (χ2v) is 4.96. The van der Waals surface area contributed by atoms with Gasteiger partial charge in [-0.15, -0.1) is 11.3 Å². The van der Waals surface area contributed by atoms with Crippen molar-refractivity contribution in [1.29, 1.82) is 0 Å². The Balaban J connectivity index is 2.35. The Hall–Kier alpha value is -2.21. The smallest absolute Gasteiger partial charge is 0.272 e. The average Bonchev–Trinajstić information content (AvgIpc) is 2.82. The molecular formula is C13H12N2O3S. The van der Waals surface area contributed by atoms with E-state index in [0.717, 1.165) is 10.4 Å². The van der Waals surface area contributed by atoms with Crippen molar-refractivity contribution in [2.24, 2.45) is 5.16 Å². The van der Waals surface area contributed by atoms with E-state index in [1.54, 1.807) is 18.2 Å². The lowest BCUT2D eigenvalue weighted by Crippen LogP contribution is -2.07. The summed E-state index contributed by atoms with van der Waals surface area (Å²) in [7, 11) is 0. The fraction of sp³-hybridized carbons (Fsp3) is 0.154. The maximum absolute atomic E-state index is 11.0. The molecule has 0 aliphatic heterocycles. The SMILES string of the molecule is Cc1ccsc1/C(Cc1ccccc1[N+](=O)[O-])=N\O. The van der Waals surface area contributed by atoms with Crippen molar-refractivity contribution >= 4 is 22.7 Å². The van der Waals surface area contributed by atoms with Gasteiger partial charge >= 0.3 is 0 Å². The largest absolute Gasteiger partial charge is 0.411 e. The van der Waals surface area contributed by atoms with Crippen LogP contribution in [0.3, 0.4) is 0 Å². The third-order valence-corrected chi connectivity index (χ3v) is 3.86. The van der Waals surface area contributed by atoms with Crippen molar-refractivity contribution in [3.63, 3.8) is 0 Å². The maximum atomic E-state index is 11.0. The maximum Gasteiger partial charge on any atom is 0.272 e. The molecule has 2 aromatic rings. The molecule has 0 amide bonds. The standard InChI is InChI=1S/C13H12N2O3S/c1-9-6-7-19-13(9)11(14-16)8-10-4-2-3-5-12(10)15(17)18/h2-7,16H,8H2,1H3/b14-11-. The highest BCUT2D eigenvalue weighted by molar-refractivity contribution is 7.12. The van der Waals surface area contributed by atoms with Gasteiger partial charge in [-0.1, -0.05) is 23.4 Å². The molecule has 0 spiro atoms. The summed E-state index contributed by atoms with van der Waals surface area (Å²) in [6, 6.07) is 8.40. The van der Waals surface area contributed by atoms with Gasteiger partial charge in [0.2, 0.25) is 0 Å². The normalized spacial score (nSPS) is 11.5. The number of thiophene rings is 1. The third kappa shape index (κ3) is 2.79. The van der Waals surface area contributed by atoms with Gasteiger partial charge in [0.25, 0.3) is 5.69 Å². The third-order valence-electron chi connectivity index (χ3n) is 2.79. The van der Waals surface area contributed by atoms with E-state index in [1.807, 2.05) is 18.4 Å². The molecule has 0 atom stereocenters. The Kier molecular flexibility index (Phi) is 3.91. The van der Waals surface area contributed by atoms with Gasteiger partial charge in [0.15, 0.2) is 0 Å². The molecule has 6 heteroatoms. The zero-order valence-electron chi connectivity index (χ0n) is 10.2. The number of nitrogens with zero attached hydrogens (tertiary/aromatic N) is 2. The van der Waals surface area contributed by atoms with Gasteiger partial charge in [-0.25, -0.2) is 0 Å². The number of para-hydroxylation sites is 1. The Morgan fingerprint density at radius 3 is 2.74 bits per heavy atom. The molecule has 0 aliphatic carbocycles. The van der Waals surface area contributed by atoms with Gasteiger partial charge in [-0.05, 0) is 23.9 Å². The van der Waals surface area contributed by atoms with E-state index in [4.69, 9.17) is 5.21 Å². The molecule has 1 aromatic heterocycles. The first kappa shape index (κ1) is 13.2. The Morgan fingerprint density at radius 1 is 1.42 bits per heavy atom. The molecule has 0 saturated carbocycles. The van der Waals surface area contributed by atoms with Crippen LogP contribution < -0.4 is 0 Å². The molecule has 1 heterocycles. The zero-order valence-corrected chi connectivity index (χ0v) is 11.1. The van der Waals surface area contributed by atoms with E-state index >= 15 is 0 Å². The summed E-state index contributed by atoms with van der Waals surface area (Å²) < 4.78 is 0. The number of oxime groups is 1. The predicted octanol–water partition coefficient (Wildman–Crippen LogP) is 3.39. The first-order valence-electron chi connectivity index (χ1n) is 5.61. The molecule has 5 nitrogen and oxygen atoms in total. The number of hydrogen-bond acceptors (Lipinski definition) is 5. The van der Waals surface area contributed by atoms with Gasteiger partial charge in [-0.2, -0.15) is 0 Å². The van der Waals surface area contributed by atoms with E-state index < -0.39 is 4.92 Å². The lowest BCUT2D eigenvalue weighted by atomic mass is 10.0. The van der Waals surface area contributed by atoms with Gasteiger partial charge in [0.05, 0.1) is 9.80 Å². The van der Waals surface area contributed by atoms with Crippen molar-refractivity contribution in [1.82, 2.24) is 0 Å². The van der Waals surface area contributed by atoms with E-state index in [-0.39, 0.29) is 12.1 Å². The fourth-order valence-electron chi connectivity index (χ4n) is 1.85. The van der Waals surface area contributed by atoms with Crippen LogP contribution in [0.2, 0.25) is 0 Å². The second-order valence-electron chi connectivity index (χ2n) is 4.04. The van der Waals surface area contributed by atoms with Crippen LogP contribution in [0, 0.1) is 17.0 Å². The van der Waals surface area contributed by atoms with Crippen LogP contribution in [0.4, 0.5) is 5.69 Å². The van der Waals surface area contributed by atoms with Crippen molar-refractivity contribution in [2.75, 3.05) is 0 Å². The van der Waals surface area contributed by atoms with Crippen LogP contribution >= 0.6 is 11.3 Å². The summed E-state index contributed by atoms with van der Waals surface area (Å²) in [4.78, 5) is 11.4. The van der Waals surface area contributed by atoms with Crippen LogP contribution in [-0.4, -0.2) is 15.8 Å². The molecule has 1 N–H and O–H groups in total. The highest BCUT2D eigenvalue weighted by Gasteiger charge is 2.17. The number of nitro groups is 1. The van der Waals surface area contributed by atoms with Crippen molar-refractivity contribution < 1.29 is 10.1 Å². The van der Waals surface area contributed by atoms with E-state index in [9.17, 15) is 10.1 Å². The summed E-state index contributed by atoms with van der Waals surface area (Å²) in [5, 5.41) is 25.3. The summed E-state index contributed by atoms with van der Waals surface area (Å²) in [6.45, 7) is 1.91. The highest BCUT2D eigenvalue weighted by atomic mass is 32.1. The minimum atomic E-state index is -0.425. The first-order chi connectivity index (χ1) is 9.13. The van der Waals surface area contributed by atoms with Gasteiger partial charge in [0.1, 0.15) is 5.71 Å². The molecule has 19 heavy (non-hydrogen) atoms. The minimum Gasteiger partial charge on any atom is -0.411 e. The van der Waals surface area contributed by atoms with Gasteiger partial charge in [-0.3, -0.25) is 10.1 Å². The molecule has 0 unspecified atom stereocenters. The van der Waals surface area contributed by atoms with Crippen LogP contribution in [-0.2, 0) is 6.42 Å². The monoisotopic (exact) mass is 276 g/mol. The van der Waals surface area contributed by atoms with E-state index in [0.29, 0.717) is 11.3 Å². The van der Waals surface area contributed by atoms with Crippen LogP contribution in [0.15, 0.2) is 40.9 Å². The average molecular weight is 276 g/mol. The van der Waals surface area contributed by atoms with Gasteiger partial charge < -0.3 is 5.21 Å². The molecular weight excluding hydrogens is 264 g/mol. The molecule has 0 saturated heterocycles. The quantitative estimate of drug-likeness (QED) is 0.402. The van der Waals surface area contributed by atoms with Crippen LogP contribution in [0.1, 0.15) is 16.0 Å². The fourth-order valence-corrected chi connectivity index (χ4v) is 2.76. The van der Waals surface area contributed by atoms with Crippen LogP contribution in [0.25, 0.3) is 0 Å². The Bertz CT molecular complexity index is 634. The van der Waals surface area contributed by atoms with Gasteiger partial charge in [0, 0.05) is 18.1 Å². The number of benzene rings is 1. The van der Waals surface area contributed by atoms with Crippen molar-refractivity contribution in [3.8, 4) is 0 Å². The Labute approximate surface area is 114 Å². The predicted molar refractivity (Wildman–Crippen MR) is 74.2 cm³/mol. The van der Waals surface area contributed by atoms with E-state index in [1.165, 1.54) is 17.4 Å². The minimum absolute atomic E-state index is 0.0397. The molecule has 1 aromatic carbocycles. The molecule has 2 rings (SSSR count). The molecule has 0 aliphatic rings. The molecule has 0 bridgehead atoms. The Morgan fingerprint density at radius 2 is 2.16 bits per heavy atom. The summed E-state index contributed by atoms with van der Waals surface area (Å²) in [5.41, 5.74) is 2.02. The number of rotatable bonds is 4. The molecule has 98 valence electrons. The molecule has 0 radical (unpaired) electrons. The number of aryl methyl sites for hydroxylation is 1.